The van der Waals surface area contributed by atoms with Crippen LogP contribution in [0.1, 0.15) is 31.8 Å². The van der Waals surface area contributed by atoms with Gasteiger partial charge in [-0.05, 0) is 44.5 Å². The smallest absolute Gasteiger partial charge is 0.319 e. The van der Waals surface area contributed by atoms with Gasteiger partial charge in [-0.1, -0.05) is 0 Å². The molecule has 1 saturated heterocycles. The number of piperazine rings is 1. The molecule has 0 aliphatic carbocycles. The van der Waals surface area contributed by atoms with Crippen molar-refractivity contribution in [3.63, 3.8) is 0 Å². The number of halogens is 2. The van der Waals surface area contributed by atoms with Gasteiger partial charge in [-0.3, -0.25) is 19.1 Å². The predicted molar refractivity (Wildman–Crippen MR) is 111 cm³/mol. The van der Waals surface area contributed by atoms with Gasteiger partial charge < -0.3 is 15.0 Å². The van der Waals surface area contributed by atoms with E-state index >= 15 is 0 Å². The summed E-state index contributed by atoms with van der Waals surface area (Å²) in [5.74, 6) is -0.355. The molecule has 10 heteroatoms. The van der Waals surface area contributed by atoms with Crippen molar-refractivity contribution >= 4 is 17.5 Å². The number of alkyl halides is 2. The van der Waals surface area contributed by atoms with E-state index in [9.17, 15) is 18.4 Å². The number of imidazole rings is 1. The van der Waals surface area contributed by atoms with E-state index in [1.54, 1.807) is 12.1 Å². The molecule has 8 nitrogen and oxygen atoms in total. The van der Waals surface area contributed by atoms with Gasteiger partial charge in [0.05, 0.1) is 12.6 Å². The Labute approximate surface area is 179 Å². The summed E-state index contributed by atoms with van der Waals surface area (Å²) >= 11 is 0. The number of aryl methyl sites for hydroxylation is 1. The first-order valence-corrected chi connectivity index (χ1v) is 10.1. The molecule has 1 aliphatic rings. The number of ether oxygens (including phenoxy) is 1. The molecule has 31 heavy (non-hydrogen) atoms. The molecule has 0 bridgehead atoms. The Morgan fingerprint density at radius 2 is 1.90 bits per heavy atom. The SMILES string of the molecule is Cc1cc(OC(C)C)ccc1NC(=O)C(=O)N1CCN(Cc2nccn2C(F)F)CC1. The van der Waals surface area contributed by atoms with Gasteiger partial charge >= 0.3 is 18.4 Å². The van der Waals surface area contributed by atoms with Crippen LogP contribution in [0.4, 0.5) is 14.5 Å². The number of benzene rings is 1. The topological polar surface area (TPSA) is 79.7 Å². The number of nitrogens with zero attached hydrogens (tertiary/aromatic N) is 4. The van der Waals surface area contributed by atoms with Crippen molar-refractivity contribution in [1.82, 2.24) is 19.4 Å². The van der Waals surface area contributed by atoms with Crippen LogP contribution in [0.5, 0.6) is 5.75 Å². The second kappa shape index (κ2) is 9.86. The fraction of sp³-hybridized carbons (Fsp3) is 0.476. The number of aromatic nitrogens is 2. The van der Waals surface area contributed by atoms with Gasteiger partial charge in [0, 0.05) is 44.3 Å². The summed E-state index contributed by atoms with van der Waals surface area (Å²) in [6.07, 6.45) is 2.62. The number of rotatable bonds is 6. The molecule has 0 unspecified atom stereocenters. The third-order valence-corrected chi connectivity index (χ3v) is 5.00. The van der Waals surface area contributed by atoms with E-state index < -0.39 is 18.4 Å². The van der Waals surface area contributed by atoms with Crippen molar-refractivity contribution in [2.75, 3.05) is 31.5 Å². The van der Waals surface area contributed by atoms with Crippen molar-refractivity contribution in [3.05, 3.63) is 42.0 Å². The van der Waals surface area contributed by atoms with Crippen molar-refractivity contribution in [2.24, 2.45) is 0 Å². The van der Waals surface area contributed by atoms with E-state index in [0.717, 1.165) is 10.1 Å². The summed E-state index contributed by atoms with van der Waals surface area (Å²) in [5, 5.41) is 2.66. The molecule has 0 spiro atoms. The zero-order valence-corrected chi connectivity index (χ0v) is 17.8. The van der Waals surface area contributed by atoms with Gasteiger partial charge in [-0.25, -0.2) is 4.98 Å². The zero-order valence-electron chi connectivity index (χ0n) is 17.8. The Hall–Kier alpha value is -3.01. The molecule has 1 aliphatic heterocycles. The molecule has 2 aromatic rings. The van der Waals surface area contributed by atoms with Crippen LogP contribution < -0.4 is 10.1 Å². The summed E-state index contributed by atoms with van der Waals surface area (Å²) in [7, 11) is 0. The Kier molecular flexibility index (Phi) is 7.21. The zero-order chi connectivity index (χ0) is 22.5. The molecular weight excluding hydrogens is 408 g/mol. The first-order chi connectivity index (χ1) is 14.7. The molecule has 0 atom stereocenters. The van der Waals surface area contributed by atoms with Crippen LogP contribution >= 0.6 is 0 Å². The van der Waals surface area contributed by atoms with Gasteiger partial charge in [0.1, 0.15) is 11.6 Å². The largest absolute Gasteiger partial charge is 0.491 e. The number of hydrogen-bond donors (Lipinski definition) is 1. The molecule has 168 valence electrons. The van der Waals surface area contributed by atoms with Crippen molar-refractivity contribution < 1.29 is 23.1 Å². The van der Waals surface area contributed by atoms with Crippen molar-refractivity contribution in [3.8, 4) is 5.75 Å². The van der Waals surface area contributed by atoms with E-state index in [4.69, 9.17) is 4.74 Å². The maximum atomic E-state index is 13.0. The highest BCUT2D eigenvalue weighted by Crippen LogP contribution is 2.22. The monoisotopic (exact) mass is 435 g/mol. The maximum Gasteiger partial charge on any atom is 0.319 e. The van der Waals surface area contributed by atoms with Crippen LogP contribution in [0.15, 0.2) is 30.6 Å². The Balaban J connectivity index is 1.52. The lowest BCUT2D eigenvalue weighted by atomic mass is 10.2. The van der Waals surface area contributed by atoms with Crippen LogP contribution in [0.25, 0.3) is 0 Å². The normalized spacial score (nSPS) is 14.9. The molecule has 1 fully saturated rings. The quantitative estimate of drug-likeness (QED) is 0.706. The maximum absolute atomic E-state index is 13.0. The molecule has 1 N–H and O–H groups in total. The average Bonchev–Trinajstić information content (AvgIpc) is 3.18. The third-order valence-electron chi connectivity index (χ3n) is 5.00. The number of hydrogen-bond acceptors (Lipinski definition) is 5. The Bertz CT molecular complexity index is 923. The van der Waals surface area contributed by atoms with Gasteiger partial charge in [0.15, 0.2) is 0 Å². The highest BCUT2D eigenvalue weighted by molar-refractivity contribution is 6.39. The fourth-order valence-corrected chi connectivity index (χ4v) is 3.39. The van der Waals surface area contributed by atoms with Crippen molar-refractivity contribution in [2.45, 2.75) is 40.0 Å². The summed E-state index contributed by atoms with van der Waals surface area (Å²) in [6, 6.07) is 5.26. The second-order valence-electron chi connectivity index (χ2n) is 7.69. The molecular formula is C21H27F2N5O3. The van der Waals surface area contributed by atoms with Gasteiger partial charge in [-0.15, -0.1) is 0 Å². The fourth-order valence-electron chi connectivity index (χ4n) is 3.39. The van der Waals surface area contributed by atoms with Crippen molar-refractivity contribution in [1.29, 1.82) is 0 Å². The first kappa shape index (κ1) is 22.7. The summed E-state index contributed by atoms with van der Waals surface area (Å²) < 4.78 is 32.4. The number of carbonyl (C=O) groups excluding carboxylic acids is 2. The van der Waals surface area contributed by atoms with E-state index in [1.807, 2.05) is 31.7 Å². The number of anilines is 1. The highest BCUT2D eigenvalue weighted by Gasteiger charge is 2.27. The Morgan fingerprint density at radius 1 is 1.19 bits per heavy atom. The third kappa shape index (κ3) is 5.78. The molecule has 2 heterocycles. The minimum atomic E-state index is -2.64. The number of carbonyl (C=O) groups is 2. The first-order valence-electron chi connectivity index (χ1n) is 10.1. The van der Waals surface area contributed by atoms with Crippen LogP contribution in [0.3, 0.4) is 0 Å². The lowest BCUT2D eigenvalue weighted by Gasteiger charge is -2.34. The van der Waals surface area contributed by atoms with Gasteiger partial charge in [0.25, 0.3) is 0 Å². The summed E-state index contributed by atoms with van der Waals surface area (Å²) in [6.45, 7) is 4.91. The number of nitrogens with one attached hydrogen (secondary N) is 1. The molecule has 0 saturated carbocycles. The predicted octanol–water partition coefficient (Wildman–Crippen LogP) is 2.66. The molecule has 1 aromatic carbocycles. The minimum Gasteiger partial charge on any atom is -0.491 e. The molecule has 3 rings (SSSR count). The van der Waals surface area contributed by atoms with E-state index in [1.165, 1.54) is 17.3 Å². The second-order valence-corrected chi connectivity index (χ2v) is 7.69. The summed E-state index contributed by atoms with van der Waals surface area (Å²) in [4.78, 5) is 32.4. The van der Waals surface area contributed by atoms with Gasteiger partial charge in [0.2, 0.25) is 0 Å². The lowest BCUT2D eigenvalue weighted by molar-refractivity contribution is -0.144. The van der Waals surface area contributed by atoms with Crippen LogP contribution in [0.2, 0.25) is 0 Å². The standard InChI is InChI=1S/C21H27F2N5O3/c1-14(2)31-16-4-5-17(15(3)12-16)25-19(29)20(30)27-10-8-26(9-11-27)13-18-24-6-7-28(18)21(22)23/h4-7,12,14,21H,8-11,13H2,1-3H3,(H,25,29). The minimum absolute atomic E-state index is 0.0375. The molecule has 2 amide bonds. The molecule has 1 aromatic heterocycles. The van der Waals surface area contributed by atoms with E-state index in [2.05, 4.69) is 10.3 Å². The van der Waals surface area contributed by atoms with Crippen LogP contribution in [-0.2, 0) is 16.1 Å². The highest BCUT2D eigenvalue weighted by atomic mass is 19.3. The van der Waals surface area contributed by atoms with Crippen LogP contribution in [-0.4, -0.2) is 63.4 Å². The van der Waals surface area contributed by atoms with Gasteiger partial charge in [-0.2, -0.15) is 8.78 Å². The number of amides is 2. The lowest BCUT2D eigenvalue weighted by Crippen LogP contribution is -2.51. The summed E-state index contributed by atoms with van der Waals surface area (Å²) in [5.41, 5.74) is 1.34. The van der Waals surface area contributed by atoms with E-state index in [-0.39, 0.29) is 18.5 Å². The average molecular weight is 435 g/mol. The Morgan fingerprint density at radius 3 is 2.52 bits per heavy atom. The van der Waals surface area contributed by atoms with E-state index in [0.29, 0.717) is 37.6 Å². The van der Waals surface area contributed by atoms with Crippen LogP contribution in [0, 0.1) is 6.92 Å². The molecule has 0 radical (unpaired) electrons.